The third-order valence-electron chi connectivity index (χ3n) is 5.55. The summed E-state index contributed by atoms with van der Waals surface area (Å²) in [6, 6.07) is 0. The van der Waals surface area contributed by atoms with Gasteiger partial charge in [0.05, 0.1) is 0 Å². The smallest absolute Gasteiger partial charge is 0.324 e. The van der Waals surface area contributed by atoms with E-state index in [2.05, 4.69) is 0 Å². The predicted octanol–water partition coefficient (Wildman–Crippen LogP) is -2.07. The normalized spacial score (nSPS) is 26.4. The first-order valence-electron chi connectivity index (χ1n) is 10.4. The van der Waals surface area contributed by atoms with E-state index in [0.29, 0.717) is 78.5 Å². The zero-order chi connectivity index (χ0) is 24.0. The molecular weight excluding hydrogens is 652 g/mol. The first-order chi connectivity index (χ1) is 14.7. The number of hydrogen-bond acceptors (Lipinski definition) is 8. The van der Waals surface area contributed by atoms with Gasteiger partial charge in [-0.2, -0.15) is 0 Å². The van der Waals surface area contributed by atoms with Gasteiger partial charge < -0.3 is 29.4 Å². The van der Waals surface area contributed by atoms with Gasteiger partial charge in [0.2, 0.25) is 0 Å². The van der Waals surface area contributed by atoms with Gasteiger partial charge in [0.1, 0.15) is 18.9 Å². The van der Waals surface area contributed by atoms with Crippen molar-refractivity contribution in [2.45, 2.75) is 0 Å². The SMILES string of the molecule is O=P(O)(O)CN1CCN2CCN(CP(=O)(O)O)CCN(CC1)CCN(CP(=O)(O)O)CC2.[Ho]. The van der Waals surface area contributed by atoms with E-state index in [-0.39, 0.29) is 56.6 Å². The molecule has 3 fully saturated rings. The summed E-state index contributed by atoms with van der Waals surface area (Å²) in [6.45, 7) is 5.19. The van der Waals surface area contributed by atoms with Crippen LogP contribution in [-0.4, -0.2) is 151 Å². The average molecular weight is 688 g/mol. The van der Waals surface area contributed by atoms with Gasteiger partial charge in [0.25, 0.3) is 0 Å². The van der Waals surface area contributed by atoms with Crippen molar-refractivity contribution in [2.75, 3.05) is 97.4 Å². The Balaban J connectivity index is 0.00000544. The predicted molar refractivity (Wildman–Crippen MR) is 118 cm³/mol. The van der Waals surface area contributed by atoms with Gasteiger partial charge >= 0.3 is 22.8 Å². The van der Waals surface area contributed by atoms with Crippen LogP contribution in [0.25, 0.3) is 0 Å². The van der Waals surface area contributed by atoms with Gasteiger partial charge in [-0.1, -0.05) is 0 Å². The molecule has 0 aromatic rings. The van der Waals surface area contributed by atoms with Crippen LogP contribution in [0.2, 0.25) is 0 Å². The second-order valence-electron chi connectivity index (χ2n) is 8.46. The van der Waals surface area contributed by atoms with Crippen LogP contribution in [0.3, 0.4) is 0 Å². The Morgan fingerprint density at radius 3 is 0.758 bits per heavy atom. The maximum atomic E-state index is 11.6. The van der Waals surface area contributed by atoms with Crippen molar-refractivity contribution in [1.82, 2.24) is 24.5 Å². The Kier molecular flexibility index (Phi) is 14.2. The summed E-state index contributed by atoms with van der Waals surface area (Å²) in [4.78, 5) is 65.8. The van der Waals surface area contributed by atoms with Gasteiger partial charge in [-0.05, 0) is 0 Å². The fraction of sp³-hybridized carbons (Fsp3) is 1.00. The maximum absolute atomic E-state index is 11.6. The molecule has 0 spiro atoms. The van der Waals surface area contributed by atoms with Crippen molar-refractivity contribution in [2.24, 2.45) is 0 Å². The van der Waals surface area contributed by atoms with Crippen molar-refractivity contribution in [3.05, 3.63) is 0 Å². The minimum atomic E-state index is -4.23. The quantitative estimate of drug-likeness (QED) is 0.132. The molecule has 0 amide bonds. The van der Waals surface area contributed by atoms with Gasteiger partial charge in [0, 0.05) is 116 Å². The molecule has 14 nitrogen and oxygen atoms in total. The number of rotatable bonds is 6. The van der Waals surface area contributed by atoms with E-state index < -0.39 is 22.8 Å². The third kappa shape index (κ3) is 15.4. The number of fused-ring (bicyclic) bond motifs is 12. The fourth-order valence-corrected chi connectivity index (χ4v) is 6.32. The number of hydrogen-bond donors (Lipinski definition) is 6. The van der Waals surface area contributed by atoms with E-state index in [1.165, 1.54) is 0 Å². The van der Waals surface area contributed by atoms with Crippen LogP contribution in [0.4, 0.5) is 0 Å². The molecule has 3 heterocycles. The molecule has 0 atom stereocenters. The molecule has 6 N–H and O–H groups in total. The van der Waals surface area contributed by atoms with E-state index in [1.807, 2.05) is 9.80 Å². The molecule has 1 radical (unpaired) electrons. The van der Waals surface area contributed by atoms with Crippen molar-refractivity contribution < 1.29 is 80.8 Å². The van der Waals surface area contributed by atoms with E-state index in [4.69, 9.17) is 0 Å². The number of nitrogens with zero attached hydrogens (tertiary/aromatic N) is 5. The summed E-state index contributed by atoms with van der Waals surface area (Å²) >= 11 is 0. The average Bonchev–Trinajstić information content (AvgIpc) is 2.59. The first kappa shape index (κ1) is 32.5. The summed E-state index contributed by atoms with van der Waals surface area (Å²) in [5.74, 6) is 0. The van der Waals surface area contributed by atoms with Gasteiger partial charge in [-0.3, -0.25) is 38.2 Å². The minimum Gasteiger partial charge on any atom is -0.324 e. The van der Waals surface area contributed by atoms with Crippen molar-refractivity contribution in [3.8, 4) is 0 Å². The zero-order valence-corrected chi connectivity index (χ0v) is 23.0. The van der Waals surface area contributed by atoms with Crippen molar-refractivity contribution in [3.63, 3.8) is 0 Å². The fourth-order valence-electron chi connectivity index (χ4n) is 3.91. The second-order valence-corrected chi connectivity index (χ2v) is 13.3. The Labute approximate surface area is 224 Å². The van der Waals surface area contributed by atoms with E-state index in [1.54, 1.807) is 14.7 Å². The van der Waals surface area contributed by atoms with Crippen LogP contribution in [0.1, 0.15) is 0 Å². The van der Waals surface area contributed by atoms with E-state index >= 15 is 0 Å². The Morgan fingerprint density at radius 1 is 0.424 bits per heavy atom. The molecule has 2 bridgehead atoms. The van der Waals surface area contributed by atoms with Gasteiger partial charge in [0.15, 0.2) is 0 Å². The third-order valence-corrected chi connectivity index (χ3v) is 7.85. The van der Waals surface area contributed by atoms with Crippen LogP contribution in [0.15, 0.2) is 0 Å². The van der Waals surface area contributed by atoms with Crippen LogP contribution >= 0.6 is 22.8 Å². The molecule has 33 heavy (non-hydrogen) atoms. The Hall–Kier alpha value is 1.51. The summed E-state index contributed by atoms with van der Waals surface area (Å²) in [6.07, 6.45) is -1.03. The monoisotopic (exact) mass is 688 g/mol. The summed E-state index contributed by atoms with van der Waals surface area (Å²) in [5, 5.41) is 0. The molecular formula is C15H36HoN5O9P3. The largest absolute Gasteiger partial charge is 0.339 e. The molecule has 3 aliphatic rings. The van der Waals surface area contributed by atoms with E-state index in [0.717, 1.165) is 0 Å². The van der Waals surface area contributed by atoms with Crippen molar-refractivity contribution in [1.29, 1.82) is 0 Å². The Morgan fingerprint density at radius 2 is 0.606 bits per heavy atom. The molecule has 3 aliphatic heterocycles. The standard InChI is InChI=1S/C15H36N5O9P3.Ho/c21-30(22,23)13-18-7-1-16-2-8-19(14-31(24,25)26)11-5-17(4-10-18)6-12-20(9-3-16)15-32(27,28)29;/h1-15H2,(H2,21,22,23)(H2,24,25,26)(H2,27,28,29);. The topological polar surface area (TPSA) is 189 Å². The summed E-state index contributed by atoms with van der Waals surface area (Å²) < 4.78 is 34.7. The first-order valence-corrected chi connectivity index (χ1v) is 15.8. The molecule has 0 aromatic heterocycles. The van der Waals surface area contributed by atoms with Crippen molar-refractivity contribution >= 4 is 22.8 Å². The van der Waals surface area contributed by atoms with Crippen LogP contribution in [0, 0.1) is 37.7 Å². The molecule has 3 rings (SSSR count). The van der Waals surface area contributed by atoms with Gasteiger partial charge in [-0.15, -0.1) is 0 Å². The molecule has 0 aromatic carbocycles. The molecule has 3 saturated heterocycles. The van der Waals surface area contributed by atoms with Crippen LogP contribution < -0.4 is 0 Å². The molecule has 0 saturated carbocycles. The van der Waals surface area contributed by atoms with E-state index in [9.17, 15) is 43.1 Å². The molecule has 0 unspecified atom stereocenters. The zero-order valence-electron chi connectivity index (χ0n) is 18.4. The maximum Gasteiger partial charge on any atom is 0.339 e. The van der Waals surface area contributed by atoms with Crippen LogP contribution in [0.5, 0.6) is 0 Å². The van der Waals surface area contributed by atoms with Crippen LogP contribution in [-0.2, 0) is 13.7 Å². The summed E-state index contributed by atoms with van der Waals surface area (Å²) in [5.41, 5.74) is 0. The second kappa shape index (κ2) is 14.4. The Bertz CT molecular complexity index is 617. The minimum absolute atomic E-state index is 0. The molecule has 0 aliphatic carbocycles. The molecule has 18 heteroatoms. The van der Waals surface area contributed by atoms with Gasteiger partial charge in [-0.25, -0.2) is 0 Å². The molecule has 201 valence electrons. The summed E-state index contributed by atoms with van der Waals surface area (Å²) in [7, 11) is -12.7.